The number of nitrogens with zero attached hydrogens (tertiary/aromatic N) is 2. The van der Waals surface area contributed by atoms with E-state index in [0.717, 1.165) is 10.8 Å². The summed E-state index contributed by atoms with van der Waals surface area (Å²) in [5.41, 5.74) is 0. The number of thiazole rings is 1. The lowest BCUT2D eigenvalue weighted by molar-refractivity contribution is 0.457. The molecule has 0 aromatic carbocycles. The summed E-state index contributed by atoms with van der Waals surface area (Å²) in [6.45, 7) is 2.76. The maximum absolute atomic E-state index is 5.11. The van der Waals surface area contributed by atoms with Crippen molar-refractivity contribution in [2.75, 3.05) is 0 Å². The summed E-state index contributed by atoms with van der Waals surface area (Å²) in [7, 11) is 0. The van der Waals surface area contributed by atoms with Gasteiger partial charge >= 0.3 is 0 Å². The summed E-state index contributed by atoms with van der Waals surface area (Å²) >= 11 is 1.65. The third-order valence-corrected chi connectivity index (χ3v) is 2.85. The van der Waals surface area contributed by atoms with E-state index < -0.39 is 0 Å². The highest BCUT2D eigenvalue weighted by atomic mass is 32.1. The van der Waals surface area contributed by atoms with Crippen molar-refractivity contribution in [2.24, 2.45) is 0 Å². The summed E-state index contributed by atoms with van der Waals surface area (Å²) in [4.78, 5) is 8.07. The van der Waals surface area contributed by atoms with Crippen LogP contribution >= 0.6 is 11.3 Å². The number of aromatic nitrogens is 2. The van der Waals surface area contributed by atoms with Crippen LogP contribution in [0.15, 0.2) is 28.6 Å². The molecule has 0 spiro atoms. The molecule has 1 atom stereocenters. The Labute approximate surface area is 86.0 Å². The zero-order valence-electron chi connectivity index (χ0n) is 7.80. The standard InChI is InChI=1S/C9H11N3OS/c1-7(9-11-2-3-14-9)12-5-8-4-10-6-13-8/h2-4,6-7,12H,5H2,1H3. The Hall–Kier alpha value is -1.20. The van der Waals surface area contributed by atoms with Crippen LogP contribution in [0.4, 0.5) is 0 Å². The Kier molecular flexibility index (Phi) is 2.90. The molecule has 2 heterocycles. The Morgan fingerprint density at radius 2 is 2.57 bits per heavy atom. The first-order chi connectivity index (χ1) is 6.86. The van der Waals surface area contributed by atoms with Gasteiger partial charge in [-0.1, -0.05) is 0 Å². The Morgan fingerprint density at radius 1 is 1.64 bits per heavy atom. The van der Waals surface area contributed by atoms with Crippen molar-refractivity contribution in [2.45, 2.75) is 19.5 Å². The topological polar surface area (TPSA) is 51.0 Å². The molecule has 1 N–H and O–H groups in total. The van der Waals surface area contributed by atoms with Gasteiger partial charge in [0.25, 0.3) is 0 Å². The molecule has 0 bridgehead atoms. The molecule has 0 aliphatic heterocycles. The molecule has 4 nitrogen and oxygen atoms in total. The van der Waals surface area contributed by atoms with Crippen molar-refractivity contribution in [1.29, 1.82) is 0 Å². The Balaban J connectivity index is 1.87. The van der Waals surface area contributed by atoms with E-state index in [9.17, 15) is 0 Å². The molecule has 2 aromatic heterocycles. The van der Waals surface area contributed by atoms with Gasteiger partial charge in [0.1, 0.15) is 10.8 Å². The lowest BCUT2D eigenvalue weighted by Gasteiger charge is -2.08. The van der Waals surface area contributed by atoms with Gasteiger partial charge in [0, 0.05) is 11.6 Å². The van der Waals surface area contributed by atoms with E-state index in [1.165, 1.54) is 6.39 Å². The van der Waals surface area contributed by atoms with E-state index in [1.54, 1.807) is 17.5 Å². The second kappa shape index (κ2) is 4.34. The molecule has 0 amide bonds. The van der Waals surface area contributed by atoms with Gasteiger partial charge in [0.05, 0.1) is 18.8 Å². The van der Waals surface area contributed by atoms with Crippen LogP contribution in [0.1, 0.15) is 23.7 Å². The first-order valence-corrected chi connectivity index (χ1v) is 5.24. The van der Waals surface area contributed by atoms with Crippen molar-refractivity contribution in [3.8, 4) is 0 Å². The molecule has 0 fully saturated rings. The van der Waals surface area contributed by atoms with Crippen molar-refractivity contribution in [1.82, 2.24) is 15.3 Å². The highest BCUT2D eigenvalue weighted by molar-refractivity contribution is 7.09. The Morgan fingerprint density at radius 3 is 3.21 bits per heavy atom. The Bertz CT molecular complexity index is 357. The summed E-state index contributed by atoms with van der Waals surface area (Å²) < 4.78 is 5.11. The van der Waals surface area contributed by atoms with E-state index in [0.29, 0.717) is 6.54 Å². The van der Waals surface area contributed by atoms with E-state index >= 15 is 0 Å². The second-order valence-electron chi connectivity index (χ2n) is 2.94. The summed E-state index contributed by atoms with van der Waals surface area (Å²) in [5.74, 6) is 0.841. The number of oxazole rings is 1. The predicted molar refractivity (Wildman–Crippen MR) is 53.9 cm³/mol. The second-order valence-corrected chi connectivity index (χ2v) is 3.87. The molecule has 74 valence electrons. The average molecular weight is 209 g/mol. The van der Waals surface area contributed by atoms with Crippen LogP contribution in [0.2, 0.25) is 0 Å². The van der Waals surface area contributed by atoms with E-state index in [2.05, 4.69) is 22.2 Å². The lowest BCUT2D eigenvalue weighted by atomic mass is 10.3. The van der Waals surface area contributed by atoms with Crippen LogP contribution in [0, 0.1) is 0 Å². The maximum Gasteiger partial charge on any atom is 0.180 e. The van der Waals surface area contributed by atoms with Crippen LogP contribution in [0.25, 0.3) is 0 Å². The third-order valence-electron chi connectivity index (χ3n) is 1.89. The maximum atomic E-state index is 5.11. The van der Waals surface area contributed by atoms with Crippen LogP contribution in [0.5, 0.6) is 0 Å². The van der Waals surface area contributed by atoms with Crippen molar-refractivity contribution >= 4 is 11.3 Å². The fraction of sp³-hybridized carbons (Fsp3) is 0.333. The molecule has 14 heavy (non-hydrogen) atoms. The molecule has 2 rings (SSSR count). The largest absolute Gasteiger partial charge is 0.447 e. The molecule has 0 radical (unpaired) electrons. The average Bonchev–Trinajstić information content (AvgIpc) is 2.87. The molecule has 5 heteroatoms. The molecular weight excluding hydrogens is 198 g/mol. The van der Waals surface area contributed by atoms with Gasteiger partial charge in [-0.05, 0) is 6.92 Å². The van der Waals surface area contributed by atoms with Crippen LogP contribution in [-0.4, -0.2) is 9.97 Å². The smallest absolute Gasteiger partial charge is 0.180 e. The highest BCUT2D eigenvalue weighted by Gasteiger charge is 2.07. The number of hydrogen-bond donors (Lipinski definition) is 1. The first kappa shape index (κ1) is 9.36. The molecular formula is C9H11N3OS. The predicted octanol–water partition coefficient (Wildman–Crippen LogP) is 1.98. The molecule has 2 aromatic rings. The monoisotopic (exact) mass is 209 g/mol. The van der Waals surface area contributed by atoms with E-state index in [-0.39, 0.29) is 6.04 Å². The highest BCUT2D eigenvalue weighted by Crippen LogP contribution is 2.15. The quantitative estimate of drug-likeness (QED) is 0.836. The molecule has 0 saturated carbocycles. The number of nitrogens with one attached hydrogen (secondary N) is 1. The van der Waals surface area contributed by atoms with Gasteiger partial charge in [-0.2, -0.15) is 0 Å². The van der Waals surface area contributed by atoms with Gasteiger partial charge in [-0.3, -0.25) is 0 Å². The van der Waals surface area contributed by atoms with Crippen LogP contribution in [-0.2, 0) is 6.54 Å². The van der Waals surface area contributed by atoms with Gasteiger partial charge in [-0.25, -0.2) is 9.97 Å². The zero-order chi connectivity index (χ0) is 9.80. The van der Waals surface area contributed by atoms with Gasteiger partial charge in [0.15, 0.2) is 6.39 Å². The minimum absolute atomic E-state index is 0.250. The minimum Gasteiger partial charge on any atom is -0.447 e. The fourth-order valence-electron chi connectivity index (χ4n) is 1.12. The van der Waals surface area contributed by atoms with E-state index in [4.69, 9.17) is 4.42 Å². The van der Waals surface area contributed by atoms with Crippen molar-refractivity contribution in [3.63, 3.8) is 0 Å². The third kappa shape index (κ3) is 2.18. The summed E-state index contributed by atoms with van der Waals surface area (Å²) in [6, 6.07) is 0.250. The van der Waals surface area contributed by atoms with Crippen molar-refractivity contribution in [3.05, 3.63) is 34.9 Å². The SMILES string of the molecule is CC(NCc1cnco1)c1nccs1. The van der Waals surface area contributed by atoms with Gasteiger partial charge in [0.2, 0.25) is 0 Å². The molecule has 0 aliphatic rings. The minimum atomic E-state index is 0.250. The molecule has 1 unspecified atom stereocenters. The van der Waals surface area contributed by atoms with Gasteiger partial charge in [-0.15, -0.1) is 11.3 Å². The van der Waals surface area contributed by atoms with Crippen LogP contribution in [0.3, 0.4) is 0 Å². The van der Waals surface area contributed by atoms with Crippen molar-refractivity contribution < 1.29 is 4.42 Å². The zero-order valence-corrected chi connectivity index (χ0v) is 8.62. The summed E-state index contributed by atoms with van der Waals surface area (Å²) in [5, 5.41) is 6.36. The number of rotatable bonds is 4. The van der Waals surface area contributed by atoms with Gasteiger partial charge < -0.3 is 9.73 Å². The first-order valence-electron chi connectivity index (χ1n) is 4.36. The number of hydrogen-bond acceptors (Lipinski definition) is 5. The summed E-state index contributed by atoms with van der Waals surface area (Å²) in [6.07, 6.45) is 4.96. The lowest BCUT2D eigenvalue weighted by Crippen LogP contribution is -2.17. The fourth-order valence-corrected chi connectivity index (χ4v) is 1.79. The normalized spacial score (nSPS) is 12.9. The van der Waals surface area contributed by atoms with E-state index in [1.807, 2.05) is 11.6 Å². The molecule has 0 saturated heterocycles. The van der Waals surface area contributed by atoms with Crippen LogP contribution < -0.4 is 5.32 Å². The molecule has 0 aliphatic carbocycles.